The third-order valence-corrected chi connectivity index (χ3v) is 2.78. The van der Waals surface area contributed by atoms with Gasteiger partial charge in [0.25, 0.3) is 0 Å². The summed E-state index contributed by atoms with van der Waals surface area (Å²) in [7, 11) is 0. The second-order valence-corrected chi connectivity index (χ2v) is 4.49. The maximum Gasteiger partial charge on any atom is 0.163 e. The van der Waals surface area contributed by atoms with Crippen molar-refractivity contribution in [2.75, 3.05) is 0 Å². The molecule has 5 nitrogen and oxygen atoms in total. The van der Waals surface area contributed by atoms with Crippen LogP contribution in [0.4, 0.5) is 0 Å². The molecule has 0 bridgehead atoms. The van der Waals surface area contributed by atoms with Gasteiger partial charge in [-0.25, -0.2) is 4.98 Å². The third-order valence-electron chi connectivity index (χ3n) is 2.78. The molecule has 0 amide bonds. The van der Waals surface area contributed by atoms with E-state index < -0.39 is 0 Å². The van der Waals surface area contributed by atoms with Gasteiger partial charge >= 0.3 is 0 Å². The van der Waals surface area contributed by atoms with Gasteiger partial charge in [0.15, 0.2) is 5.65 Å². The van der Waals surface area contributed by atoms with Crippen molar-refractivity contribution in [3.8, 4) is 0 Å². The van der Waals surface area contributed by atoms with Gasteiger partial charge in [-0.3, -0.25) is 4.40 Å². The van der Waals surface area contributed by atoms with Crippen LogP contribution in [0.15, 0.2) is 12.4 Å². The lowest BCUT2D eigenvalue weighted by atomic mass is 10.0. The van der Waals surface area contributed by atoms with Crippen molar-refractivity contribution in [1.82, 2.24) is 19.6 Å². The molecule has 0 fully saturated rings. The molecule has 0 spiro atoms. The molecule has 86 valence electrons. The first kappa shape index (κ1) is 11.0. The molecule has 5 heteroatoms. The first-order valence-corrected chi connectivity index (χ1v) is 5.49. The third kappa shape index (κ3) is 2.04. The summed E-state index contributed by atoms with van der Waals surface area (Å²) in [5, 5.41) is 8.26. The highest BCUT2D eigenvalue weighted by Crippen LogP contribution is 2.09. The van der Waals surface area contributed by atoms with Crippen LogP contribution in [0.25, 0.3) is 5.65 Å². The molecular weight excluding hydrogens is 202 g/mol. The standard InChI is InChI=1S/C11H17N5/c1-7(2)9(12)5-11-15-14-10-4-8(3)13-6-16(10)11/h4,6-7,9H,5,12H2,1-3H3. The average molecular weight is 219 g/mol. The number of hydrogen-bond acceptors (Lipinski definition) is 4. The number of nitrogens with zero attached hydrogens (tertiary/aromatic N) is 4. The summed E-state index contributed by atoms with van der Waals surface area (Å²) in [6.45, 7) is 6.15. The Labute approximate surface area is 94.7 Å². The Kier molecular flexibility index (Phi) is 2.87. The van der Waals surface area contributed by atoms with E-state index in [0.717, 1.165) is 23.6 Å². The van der Waals surface area contributed by atoms with Crippen LogP contribution in [0.3, 0.4) is 0 Å². The van der Waals surface area contributed by atoms with Crippen molar-refractivity contribution < 1.29 is 0 Å². The van der Waals surface area contributed by atoms with Crippen molar-refractivity contribution in [3.63, 3.8) is 0 Å². The molecule has 2 heterocycles. The maximum atomic E-state index is 6.03. The molecule has 0 aliphatic heterocycles. The summed E-state index contributed by atoms with van der Waals surface area (Å²) < 4.78 is 1.90. The second kappa shape index (κ2) is 4.17. The van der Waals surface area contributed by atoms with Crippen molar-refractivity contribution in [2.24, 2.45) is 11.7 Å². The quantitative estimate of drug-likeness (QED) is 0.834. The lowest BCUT2D eigenvalue weighted by Crippen LogP contribution is -2.29. The van der Waals surface area contributed by atoms with Gasteiger partial charge in [0.1, 0.15) is 12.2 Å². The molecule has 0 aromatic carbocycles. The topological polar surface area (TPSA) is 69.1 Å². The molecule has 1 atom stereocenters. The first-order chi connectivity index (χ1) is 7.58. The molecule has 16 heavy (non-hydrogen) atoms. The highest BCUT2D eigenvalue weighted by molar-refractivity contribution is 5.38. The van der Waals surface area contributed by atoms with Crippen molar-refractivity contribution in [2.45, 2.75) is 33.2 Å². The van der Waals surface area contributed by atoms with Gasteiger partial charge in [-0.2, -0.15) is 0 Å². The Balaban J connectivity index is 2.32. The summed E-state index contributed by atoms with van der Waals surface area (Å²) in [6, 6.07) is 2.02. The fourth-order valence-electron chi connectivity index (χ4n) is 1.52. The SMILES string of the molecule is Cc1cc2nnc(CC(N)C(C)C)n2cn1. The summed E-state index contributed by atoms with van der Waals surface area (Å²) in [6.07, 6.45) is 2.48. The maximum absolute atomic E-state index is 6.03. The Hall–Kier alpha value is -1.49. The first-order valence-electron chi connectivity index (χ1n) is 5.49. The van der Waals surface area contributed by atoms with Crippen molar-refractivity contribution in [3.05, 3.63) is 23.9 Å². The van der Waals surface area contributed by atoms with Crippen molar-refractivity contribution >= 4 is 5.65 Å². The lowest BCUT2D eigenvalue weighted by molar-refractivity contribution is 0.480. The summed E-state index contributed by atoms with van der Waals surface area (Å²) >= 11 is 0. The van der Waals surface area contributed by atoms with E-state index in [9.17, 15) is 0 Å². The van der Waals surface area contributed by atoms with Gasteiger partial charge in [0.2, 0.25) is 0 Å². The number of fused-ring (bicyclic) bond motifs is 1. The van der Waals surface area contributed by atoms with Crippen LogP contribution in [0.5, 0.6) is 0 Å². The Morgan fingerprint density at radius 3 is 2.81 bits per heavy atom. The van der Waals surface area contributed by atoms with E-state index in [-0.39, 0.29) is 6.04 Å². The average Bonchev–Trinajstić information content (AvgIpc) is 2.60. The number of aryl methyl sites for hydroxylation is 1. The van der Waals surface area contributed by atoms with Gasteiger partial charge in [0, 0.05) is 24.2 Å². The van der Waals surface area contributed by atoms with Crippen LogP contribution in [0.1, 0.15) is 25.4 Å². The van der Waals surface area contributed by atoms with Crippen LogP contribution in [0, 0.1) is 12.8 Å². The molecule has 0 radical (unpaired) electrons. The van der Waals surface area contributed by atoms with Gasteiger partial charge in [-0.15, -0.1) is 10.2 Å². The molecule has 0 saturated carbocycles. The minimum absolute atomic E-state index is 0.105. The predicted octanol–water partition coefficient (Wildman–Crippen LogP) is 0.959. The minimum Gasteiger partial charge on any atom is -0.327 e. The Bertz CT molecular complexity index is 488. The second-order valence-electron chi connectivity index (χ2n) is 4.49. The van der Waals surface area contributed by atoms with E-state index in [4.69, 9.17) is 5.73 Å². The van der Waals surface area contributed by atoms with E-state index in [0.29, 0.717) is 5.92 Å². The molecule has 0 aliphatic carbocycles. The van der Waals surface area contributed by atoms with Gasteiger partial charge in [-0.05, 0) is 12.8 Å². The normalized spacial score (nSPS) is 13.6. The highest BCUT2D eigenvalue weighted by Gasteiger charge is 2.13. The molecule has 2 aromatic rings. The summed E-state index contributed by atoms with van der Waals surface area (Å²) in [5.74, 6) is 1.31. The van der Waals surface area contributed by atoms with E-state index in [1.807, 2.05) is 17.4 Å². The van der Waals surface area contributed by atoms with E-state index in [1.165, 1.54) is 0 Å². The largest absolute Gasteiger partial charge is 0.327 e. The predicted molar refractivity (Wildman–Crippen MR) is 62.0 cm³/mol. The fraction of sp³-hybridized carbons (Fsp3) is 0.545. The molecule has 2 aromatic heterocycles. The van der Waals surface area contributed by atoms with Crippen LogP contribution < -0.4 is 5.73 Å². The molecule has 2 N–H and O–H groups in total. The Morgan fingerprint density at radius 1 is 1.38 bits per heavy atom. The summed E-state index contributed by atoms with van der Waals surface area (Å²) in [4.78, 5) is 4.23. The smallest absolute Gasteiger partial charge is 0.163 e. The number of hydrogen-bond donors (Lipinski definition) is 1. The minimum atomic E-state index is 0.105. The zero-order valence-electron chi connectivity index (χ0n) is 9.88. The van der Waals surface area contributed by atoms with Crippen LogP contribution in [-0.4, -0.2) is 25.6 Å². The van der Waals surface area contributed by atoms with Gasteiger partial charge in [-0.1, -0.05) is 13.8 Å². The van der Waals surface area contributed by atoms with Crippen molar-refractivity contribution in [1.29, 1.82) is 0 Å². The number of rotatable bonds is 3. The molecule has 1 unspecified atom stereocenters. The van der Waals surface area contributed by atoms with E-state index in [1.54, 1.807) is 6.33 Å². The fourth-order valence-corrected chi connectivity index (χ4v) is 1.52. The van der Waals surface area contributed by atoms with Crippen LogP contribution >= 0.6 is 0 Å². The molecule has 2 rings (SSSR count). The summed E-state index contributed by atoms with van der Waals surface area (Å²) in [5.41, 5.74) is 7.80. The van der Waals surface area contributed by atoms with Crippen LogP contribution in [0.2, 0.25) is 0 Å². The number of nitrogens with two attached hydrogens (primary N) is 1. The zero-order chi connectivity index (χ0) is 11.7. The van der Waals surface area contributed by atoms with E-state index >= 15 is 0 Å². The lowest BCUT2D eigenvalue weighted by Gasteiger charge is -2.13. The van der Waals surface area contributed by atoms with Gasteiger partial charge < -0.3 is 5.73 Å². The monoisotopic (exact) mass is 219 g/mol. The number of aromatic nitrogens is 4. The zero-order valence-corrected chi connectivity index (χ0v) is 9.88. The molecular formula is C11H17N5. The molecule has 0 saturated heterocycles. The Morgan fingerprint density at radius 2 is 2.12 bits per heavy atom. The van der Waals surface area contributed by atoms with E-state index in [2.05, 4.69) is 29.0 Å². The molecule has 0 aliphatic rings. The van der Waals surface area contributed by atoms with Gasteiger partial charge in [0.05, 0.1) is 0 Å². The van der Waals surface area contributed by atoms with Crippen LogP contribution in [-0.2, 0) is 6.42 Å². The highest BCUT2D eigenvalue weighted by atomic mass is 15.3.